The van der Waals surface area contributed by atoms with E-state index in [0.29, 0.717) is 25.6 Å². The van der Waals surface area contributed by atoms with Gasteiger partial charge in [-0.2, -0.15) is 0 Å². The van der Waals surface area contributed by atoms with E-state index in [-0.39, 0.29) is 24.4 Å². The predicted octanol–water partition coefficient (Wildman–Crippen LogP) is 3.54. The fourth-order valence-electron chi connectivity index (χ4n) is 3.32. The zero-order valence-electron chi connectivity index (χ0n) is 19.0. The molecule has 1 aromatic rings. The van der Waals surface area contributed by atoms with Crippen molar-refractivity contribution in [3.8, 4) is 5.75 Å². The molecule has 29 heavy (non-hydrogen) atoms. The molecule has 6 nitrogen and oxygen atoms in total. The average Bonchev–Trinajstić information content (AvgIpc) is 2.73. The van der Waals surface area contributed by atoms with Gasteiger partial charge >= 0.3 is 13.2 Å². The summed E-state index contributed by atoms with van der Waals surface area (Å²) in [6, 6.07) is 6.03. The van der Waals surface area contributed by atoms with Crippen molar-refractivity contribution in [1.82, 2.24) is 4.90 Å². The second kappa shape index (κ2) is 7.51. The molecule has 0 spiro atoms. The average molecular weight is 403 g/mol. The Balaban J connectivity index is 1.51. The van der Waals surface area contributed by atoms with Crippen LogP contribution in [0.15, 0.2) is 18.2 Å². The number of benzene rings is 1. The summed E-state index contributed by atoms with van der Waals surface area (Å²) in [5, 5.41) is 0. The number of rotatable bonds is 4. The molecule has 2 fully saturated rings. The molecule has 0 atom stereocenters. The fraction of sp³-hybridized carbons (Fsp3) is 0.682. The lowest BCUT2D eigenvalue weighted by Crippen LogP contribution is -2.53. The van der Waals surface area contributed by atoms with Gasteiger partial charge in [-0.1, -0.05) is 12.1 Å². The van der Waals surface area contributed by atoms with E-state index in [1.54, 1.807) is 4.90 Å². The van der Waals surface area contributed by atoms with Gasteiger partial charge in [0.1, 0.15) is 11.4 Å². The highest BCUT2D eigenvalue weighted by atomic mass is 16.7. The summed E-state index contributed by atoms with van der Waals surface area (Å²) in [6.07, 6.45) is -0.253. The monoisotopic (exact) mass is 403 g/mol. The van der Waals surface area contributed by atoms with Gasteiger partial charge in [-0.3, -0.25) is 0 Å². The molecule has 3 rings (SSSR count). The number of hydrogen-bond donors (Lipinski definition) is 0. The van der Waals surface area contributed by atoms with E-state index in [0.717, 1.165) is 16.8 Å². The second-order valence-electron chi connectivity index (χ2n) is 10.2. The van der Waals surface area contributed by atoms with Crippen molar-refractivity contribution in [3.63, 3.8) is 0 Å². The van der Waals surface area contributed by atoms with Crippen LogP contribution in [0.25, 0.3) is 0 Å². The van der Waals surface area contributed by atoms with Gasteiger partial charge in [0, 0.05) is 19.0 Å². The first kappa shape index (κ1) is 22.0. The van der Waals surface area contributed by atoms with Gasteiger partial charge in [0.05, 0.1) is 17.8 Å². The molecule has 0 aliphatic carbocycles. The normalized spacial score (nSPS) is 21.1. The summed E-state index contributed by atoms with van der Waals surface area (Å²) in [5.74, 6) is 1.17. The fourth-order valence-corrected chi connectivity index (χ4v) is 3.32. The molecule has 0 saturated carbocycles. The third kappa shape index (κ3) is 4.89. The third-order valence-corrected chi connectivity index (χ3v) is 5.81. The predicted molar refractivity (Wildman–Crippen MR) is 114 cm³/mol. The Morgan fingerprint density at radius 3 is 2.28 bits per heavy atom. The van der Waals surface area contributed by atoms with E-state index >= 15 is 0 Å². The highest BCUT2D eigenvalue weighted by Crippen LogP contribution is 2.36. The molecule has 2 saturated heterocycles. The van der Waals surface area contributed by atoms with E-state index in [1.165, 1.54) is 0 Å². The maximum Gasteiger partial charge on any atom is 0.494 e. The largest absolute Gasteiger partial charge is 0.494 e. The van der Waals surface area contributed by atoms with Crippen LogP contribution in [0.3, 0.4) is 0 Å². The summed E-state index contributed by atoms with van der Waals surface area (Å²) in [4.78, 5) is 13.7. The standard InChI is InChI=1S/C22H34BNO5/c1-15-11-17(23-28-21(5,6)22(7,8)29-23)9-10-18(15)26-14-16-12-24(13-16)19(25)27-20(2,3)4/h9-11,16H,12-14H2,1-8H3. The Hall–Kier alpha value is -1.73. The Labute approximate surface area is 175 Å². The quantitative estimate of drug-likeness (QED) is 0.720. The first-order valence-corrected chi connectivity index (χ1v) is 10.3. The molecule has 0 N–H and O–H groups in total. The number of ether oxygens (including phenoxy) is 2. The molecule has 0 radical (unpaired) electrons. The van der Waals surface area contributed by atoms with Gasteiger partial charge < -0.3 is 23.7 Å². The smallest absolute Gasteiger partial charge is 0.493 e. The summed E-state index contributed by atoms with van der Waals surface area (Å²) in [6.45, 7) is 17.8. The van der Waals surface area contributed by atoms with Crippen molar-refractivity contribution in [2.75, 3.05) is 19.7 Å². The first-order valence-electron chi connectivity index (χ1n) is 10.3. The van der Waals surface area contributed by atoms with Crippen LogP contribution in [0.5, 0.6) is 5.75 Å². The van der Waals surface area contributed by atoms with E-state index in [4.69, 9.17) is 18.8 Å². The molecular formula is C22H34BNO5. The maximum absolute atomic E-state index is 12.0. The number of likely N-dealkylation sites (tertiary alicyclic amines) is 1. The molecule has 0 unspecified atom stereocenters. The number of nitrogens with zero attached hydrogens (tertiary/aromatic N) is 1. The lowest BCUT2D eigenvalue weighted by atomic mass is 9.78. The summed E-state index contributed by atoms with van der Waals surface area (Å²) < 4.78 is 23.6. The van der Waals surface area contributed by atoms with E-state index in [1.807, 2.05) is 39.8 Å². The molecule has 2 aliphatic heterocycles. The van der Waals surface area contributed by atoms with Gasteiger partial charge in [0.15, 0.2) is 0 Å². The minimum absolute atomic E-state index is 0.253. The minimum Gasteiger partial charge on any atom is -0.493 e. The van der Waals surface area contributed by atoms with Crippen LogP contribution in [-0.2, 0) is 14.0 Å². The number of hydrogen-bond acceptors (Lipinski definition) is 5. The van der Waals surface area contributed by atoms with Crippen LogP contribution >= 0.6 is 0 Å². The van der Waals surface area contributed by atoms with Crippen LogP contribution in [0, 0.1) is 12.8 Å². The number of carbonyl (C=O) groups excluding carboxylic acids is 1. The highest BCUT2D eigenvalue weighted by Gasteiger charge is 2.51. The van der Waals surface area contributed by atoms with Gasteiger partial charge in [-0.15, -0.1) is 0 Å². The third-order valence-electron chi connectivity index (χ3n) is 5.81. The van der Waals surface area contributed by atoms with Gasteiger partial charge in [0.2, 0.25) is 0 Å². The Morgan fingerprint density at radius 2 is 1.76 bits per heavy atom. The number of aryl methyl sites for hydroxylation is 1. The summed E-state index contributed by atoms with van der Waals surface area (Å²) >= 11 is 0. The first-order chi connectivity index (χ1) is 13.3. The lowest BCUT2D eigenvalue weighted by Gasteiger charge is -2.39. The van der Waals surface area contributed by atoms with Crippen LogP contribution in [-0.4, -0.2) is 54.6 Å². The van der Waals surface area contributed by atoms with E-state index in [9.17, 15) is 4.79 Å². The van der Waals surface area contributed by atoms with Gasteiger partial charge in [-0.25, -0.2) is 4.79 Å². The highest BCUT2D eigenvalue weighted by molar-refractivity contribution is 6.62. The van der Waals surface area contributed by atoms with Crippen molar-refractivity contribution >= 4 is 18.7 Å². The molecule has 0 bridgehead atoms. The summed E-state index contributed by atoms with van der Waals surface area (Å²) in [5.41, 5.74) is 0.860. The van der Waals surface area contributed by atoms with Crippen LogP contribution in [0.2, 0.25) is 0 Å². The van der Waals surface area contributed by atoms with Crippen molar-refractivity contribution in [2.45, 2.75) is 72.2 Å². The number of carbonyl (C=O) groups is 1. The van der Waals surface area contributed by atoms with Gasteiger partial charge in [-0.05, 0) is 72.5 Å². The Bertz CT molecular complexity index is 749. The second-order valence-corrected chi connectivity index (χ2v) is 10.2. The van der Waals surface area contributed by atoms with Crippen molar-refractivity contribution in [3.05, 3.63) is 23.8 Å². The van der Waals surface area contributed by atoms with Crippen LogP contribution < -0.4 is 10.2 Å². The van der Waals surface area contributed by atoms with Crippen molar-refractivity contribution in [1.29, 1.82) is 0 Å². The van der Waals surface area contributed by atoms with Gasteiger partial charge in [0.25, 0.3) is 0 Å². The molecule has 1 amide bonds. The van der Waals surface area contributed by atoms with E-state index < -0.39 is 5.60 Å². The van der Waals surface area contributed by atoms with Crippen molar-refractivity contribution < 1.29 is 23.6 Å². The Morgan fingerprint density at radius 1 is 1.17 bits per heavy atom. The molecule has 7 heteroatoms. The van der Waals surface area contributed by atoms with Crippen LogP contribution in [0.1, 0.15) is 54.0 Å². The lowest BCUT2D eigenvalue weighted by molar-refractivity contribution is -0.00786. The molecule has 2 heterocycles. The zero-order valence-corrected chi connectivity index (χ0v) is 19.0. The van der Waals surface area contributed by atoms with Crippen molar-refractivity contribution in [2.24, 2.45) is 5.92 Å². The summed E-state index contributed by atoms with van der Waals surface area (Å²) in [7, 11) is -0.373. The van der Waals surface area contributed by atoms with E-state index in [2.05, 4.69) is 33.8 Å². The molecule has 0 aromatic heterocycles. The van der Waals surface area contributed by atoms with Crippen LogP contribution in [0.4, 0.5) is 4.79 Å². The molecule has 1 aromatic carbocycles. The molecule has 160 valence electrons. The molecular weight excluding hydrogens is 369 g/mol. The zero-order chi connectivity index (χ0) is 21.6. The maximum atomic E-state index is 12.0. The Kier molecular flexibility index (Phi) is 5.69. The minimum atomic E-state index is -0.464. The SMILES string of the molecule is Cc1cc(B2OC(C)(C)C(C)(C)O2)ccc1OCC1CN(C(=O)OC(C)(C)C)C1. The molecule has 2 aliphatic rings. The number of amides is 1. The topological polar surface area (TPSA) is 57.2 Å².